The van der Waals surface area contributed by atoms with Gasteiger partial charge in [-0.05, 0) is 62.8 Å². The Balaban J connectivity index is 1.10. The first kappa shape index (κ1) is 27.7. The number of piperidine rings is 1. The van der Waals surface area contributed by atoms with Crippen molar-refractivity contribution < 1.29 is 40.3 Å². The number of hydrogen-bond donors (Lipinski definition) is 1. The SMILES string of the molecule is O=S(O)c1cc(F)c2nc(N3[C@@H]4CC[C@H]3CC(OCc3c(-c5ccccc5OC(F)(F)F)noc3C3CC3)C4)sc2c1. The highest BCUT2D eigenvalue weighted by Crippen LogP contribution is 2.47. The third-order valence-electron chi connectivity index (χ3n) is 8.12. The van der Waals surface area contributed by atoms with Gasteiger partial charge in [-0.25, -0.2) is 13.6 Å². The van der Waals surface area contributed by atoms with Crippen molar-refractivity contribution in [3.8, 4) is 17.0 Å². The van der Waals surface area contributed by atoms with Crippen LogP contribution < -0.4 is 9.64 Å². The summed E-state index contributed by atoms with van der Waals surface area (Å²) in [6.45, 7) is 0.141. The lowest BCUT2D eigenvalue weighted by Crippen LogP contribution is -2.45. The monoisotopic (exact) mass is 623 g/mol. The van der Waals surface area contributed by atoms with E-state index in [2.05, 4.69) is 19.8 Å². The fraction of sp³-hybridized carbons (Fsp3) is 0.429. The van der Waals surface area contributed by atoms with Crippen LogP contribution in [0.4, 0.5) is 22.7 Å². The summed E-state index contributed by atoms with van der Waals surface area (Å²) in [5.41, 5.74) is 1.31. The predicted molar refractivity (Wildman–Crippen MR) is 146 cm³/mol. The number of nitrogens with zero attached hydrogens (tertiary/aromatic N) is 3. The first-order valence-electron chi connectivity index (χ1n) is 13.6. The number of hydrogen-bond acceptors (Lipinski definition) is 8. The fourth-order valence-corrected chi connectivity index (χ4v) is 7.82. The number of rotatable bonds is 8. The highest BCUT2D eigenvalue weighted by molar-refractivity contribution is 7.79. The number of halogens is 4. The quantitative estimate of drug-likeness (QED) is 0.163. The van der Waals surface area contributed by atoms with Crippen LogP contribution in [0.3, 0.4) is 0 Å². The molecule has 7 rings (SSSR count). The first-order chi connectivity index (χ1) is 20.1. The van der Waals surface area contributed by atoms with Gasteiger partial charge in [0.25, 0.3) is 0 Å². The molecule has 2 aliphatic heterocycles. The molecular formula is C28H25F4N3O5S2. The number of fused-ring (bicyclic) bond motifs is 3. The van der Waals surface area contributed by atoms with Crippen molar-refractivity contribution in [1.29, 1.82) is 0 Å². The van der Waals surface area contributed by atoms with Crippen molar-refractivity contribution in [3.05, 3.63) is 53.5 Å². The zero-order chi connectivity index (χ0) is 29.2. The van der Waals surface area contributed by atoms with E-state index in [1.807, 2.05) is 0 Å². The van der Waals surface area contributed by atoms with E-state index in [0.717, 1.165) is 31.7 Å². The Morgan fingerprint density at radius 2 is 1.86 bits per heavy atom. The lowest BCUT2D eigenvalue weighted by Gasteiger charge is -2.38. The van der Waals surface area contributed by atoms with E-state index in [4.69, 9.17) is 9.26 Å². The molecule has 0 radical (unpaired) electrons. The molecule has 1 saturated carbocycles. The van der Waals surface area contributed by atoms with Crippen LogP contribution in [-0.4, -0.2) is 43.5 Å². The molecule has 0 spiro atoms. The zero-order valence-corrected chi connectivity index (χ0v) is 23.6. The van der Waals surface area contributed by atoms with Crippen LogP contribution in [0.25, 0.3) is 21.5 Å². The molecule has 2 unspecified atom stereocenters. The Bertz CT molecular complexity index is 1660. The van der Waals surface area contributed by atoms with Crippen LogP contribution in [-0.2, 0) is 22.4 Å². The van der Waals surface area contributed by atoms with Crippen LogP contribution in [0, 0.1) is 5.82 Å². The minimum Gasteiger partial charge on any atom is -0.405 e. The maximum atomic E-state index is 14.6. The lowest BCUT2D eigenvalue weighted by molar-refractivity contribution is -0.274. The van der Waals surface area contributed by atoms with E-state index < -0.39 is 23.3 Å². The summed E-state index contributed by atoms with van der Waals surface area (Å²) in [6, 6.07) is 8.66. The summed E-state index contributed by atoms with van der Waals surface area (Å²) in [7, 11) is 0. The number of anilines is 1. The third-order valence-corrected chi connectivity index (χ3v) is 9.78. The summed E-state index contributed by atoms with van der Waals surface area (Å²) in [6.07, 6.45) is 0.128. The number of alkyl halides is 3. The van der Waals surface area contributed by atoms with Crippen LogP contribution >= 0.6 is 11.3 Å². The standard InChI is InChI=1S/C28H25F4N3O5S2/c29-21-11-18(42(36)37)12-23-25(21)33-27(41-23)35-15-7-8-16(35)10-17(9-15)38-13-20-24(34-40-26(20)14-5-6-14)19-3-1-2-4-22(19)39-28(30,31)32/h1-4,11-12,14-17H,5-10,13H2,(H,36,37)/t15-,16+,17?. The van der Waals surface area contributed by atoms with E-state index >= 15 is 0 Å². The predicted octanol–water partition coefficient (Wildman–Crippen LogP) is 7.16. The summed E-state index contributed by atoms with van der Waals surface area (Å²) >= 11 is -0.991. The molecule has 4 atom stereocenters. The molecule has 2 aromatic heterocycles. The van der Waals surface area contributed by atoms with Gasteiger partial charge in [0, 0.05) is 29.1 Å². The van der Waals surface area contributed by atoms with Gasteiger partial charge >= 0.3 is 6.36 Å². The van der Waals surface area contributed by atoms with Gasteiger partial charge in [0.1, 0.15) is 22.7 Å². The Hall–Kier alpha value is -3.07. The maximum absolute atomic E-state index is 14.6. The number of benzene rings is 2. The molecule has 2 saturated heterocycles. The molecule has 4 aromatic rings. The van der Waals surface area contributed by atoms with E-state index in [1.165, 1.54) is 35.6 Å². The van der Waals surface area contributed by atoms with Crippen molar-refractivity contribution in [2.75, 3.05) is 4.90 Å². The molecule has 222 valence electrons. The van der Waals surface area contributed by atoms with Crippen molar-refractivity contribution in [2.24, 2.45) is 0 Å². The normalized spacial score (nSPS) is 23.1. The van der Waals surface area contributed by atoms with Gasteiger partial charge in [0.15, 0.2) is 22.0 Å². The molecule has 8 nitrogen and oxygen atoms in total. The molecule has 2 aromatic carbocycles. The molecule has 42 heavy (non-hydrogen) atoms. The largest absolute Gasteiger partial charge is 0.573 e. The fourth-order valence-electron chi connectivity index (χ4n) is 6.16. The van der Waals surface area contributed by atoms with Crippen molar-refractivity contribution in [3.63, 3.8) is 0 Å². The Kier molecular flexibility index (Phi) is 6.99. The number of thiazole rings is 1. The van der Waals surface area contributed by atoms with Crippen molar-refractivity contribution in [1.82, 2.24) is 10.1 Å². The van der Waals surface area contributed by atoms with Crippen molar-refractivity contribution >= 4 is 37.8 Å². The van der Waals surface area contributed by atoms with Gasteiger partial charge in [-0.3, -0.25) is 0 Å². The summed E-state index contributed by atoms with van der Waals surface area (Å²) < 4.78 is 91.6. The van der Waals surface area contributed by atoms with Gasteiger partial charge < -0.3 is 23.4 Å². The second kappa shape index (κ2) is 10.6. The van der Waals surface area contributed by atoms with Crippen molar-refractivity contribution in [2.45, 2.75) is 80.5 Å². The second-order valence-corrected chi connectivity index (χ2v) is 12.9. The average Bonchev–Trinajstić information content (AvgIpc) is 3.45. The molecule has 14 heteroatoms. The minimum absolute atomic E-state index is 0.00320. The lowest BCUT2D eigenvalue weighted by atomic mass is 10.00. The number of para-hydroxylation sites is 1. The molecule has 3 aliphatic rings. The smallest absolute Gasteiger partial charge is 0.405 e. The summed E-state index contributed by atoms with van der Waals surface area (Å²) in [5.74, 6) is -0.164. The van der Waals surface area contributed by atoms with E-state index in [-0.39, 0.29) is 58.1 Å². The molecule has 1 aliphatic carbocycles. The zero-order valence-electron chi connectivity index (χ0n) is 22.0. The summed E-state index contributed by atoms with van der Waals surface area (Å²) in [4.78, 5) is 6.75. The van der Waals surface area contributed by atoms with E-state index in [9.17, 15) is 26.3 Å². The minimum atomic E-state index is -4.85. The third kappa shape index (κ3) is 5.29. The molecule has 0 amide bonds. The number of aromatic nitrogens is 2. The highest BCUT2D eigenvalue weighted by Gasteiger charge is 2.43. The van der Waals surface area contributed by atoms with Gasteiger partial charge in [0.2, 0.25) is 0 Å². The number of ether oxygens (including phenoxy) is 2. The van der Waals surface area contributed by atoms with Crippen LogP contribution in [0.5, 0.6) is 5.75 Å². The Morgan fingerprint density at radius 3 is 2.55 bits per heavy atom. The van der Waals surface area contributed by atoms with E-state index in [0.29, 0.717) is 34.0 Å². The Morgan fingerprint density at radius 1 is 1.12 bits per heavy atom. The average molecular weight is 624 g/mol. The van der Waals surface area contributed by atoms with Gasteiger partial charge in [-0.15, -0.1) is 13.2 Å². The molecular weight excluding hydrogens is 598 g/mol. The molecule has 4 heterocycles. The molecule has 2 bridgehead atoms. The topological polar surface area (TPSA) is 97.9 Å². The summed E-state index contributed by atoms with van der Waals surface area (Å²) in [5, 5.41) is 4.83. The van der Waals surface area contributed by atoms with Crippen LogP contribution in [0.2, 0.25) is 0 Å². The van der Waals surface area contributed by atoms with E-state index in [1.54, 1.807) is 6.07 Å². The second-order valence-electron chi connectivity index (χ2n) is 10.9. The molecule has 3 fully saturated rings. The molecule has 1 N–H and O–H groups in total. The van der Waals surface area contributed by atoms with Gasteiger partial charge in [0.05, 0.1) is 22.3 Å². The first-order valence-corrected chi connectivity index (χ1v) is 15.5. The van der Waals surface area contributed by atoms with Crippen LogP contribution in [0.1, 0.15) is 55.8 Å². The van der Waals surface area contributed by atoms with Crippen LogP contribution in [0.15, 0.2) is 45.8 Å². The maximum Gasteiger partial charge on any atom is 0.573 e. The van der Waals surface area contributed by atoms with Gasteiger partial charge in [-0.2, -0.15) is 0 Å². The Labute approximate surface area is 243 Å². The van der Waals surface area contributed by atoms with Gasteiger partial charge in [-0.1, -0.05) is 28.6 Å². The highest BCUT2D eigenvalue weighted by atomic mass is 32.2.